The summed E-state index contributed by atoms with van der Waals surface area (Å²) < 4.78 is 12.6. The molecule has 0 fully saturated rings. The Labute approximate surface area is 224 Å². The van der Waals surface area contributed by atoms with Crippen molar-refractivity contribution in [2.24, 2.45) is 0 Å². The number of hydrogen-bond donors (Lipinski definition) is 1. The Morgan fingerprint density at radius 2 is 2.03 bits per heavy atom. The Morgan fingerprint density at radius 1 is 1.21 bits per heavy atom. The Morgan fingerprint density at radius 3 is 2.76 bits per heavy atom. The highest BCUT2D eigenvalue weighted by molar-refractivity contribution is 8.01. The summed E-state index contributed by atoms with van der Waals surface area (Å²) in [4.78, 5) is 24.4. The minimum absolute atomic E-state index is 0.0903. The van der Waals surface area contributed by atoms with Crippen LogP contribution in [0.5, 0.6) is 5.75 Å². The zero-order chi connectivity index (χ0) is 26.6. The number of tetrazole rings is 1. The van der Waals surface area contributed by atoms with Crippen molar-refractivity contribution in [3.8, 4) is 16.3 Å². The van der Waals surface area contributed by atoms with Crippen LogP contribution in [0.1, 0.15) is 18.5 Å². The van der Waals surface area contributed by atoms with Gasteiger partial charge in [0.15, 0.2) is 10.1 Å². The van der Waals surface area contributed by atoms with Gasteiger partial charge in [-0.2, -0.15) is 4.68 Å². The van der Waals surface area contributed by atoms with E-state index in [1.165, 1.54) is 47.0 Å². The summed E-state index contributed by atoms with van der Waals surface area (Å²) in [5, 5.41) is 35.9. The van der Waals surface area contributed by atoms with E-state index in [1.807, 2.05) is 30.3 Å². The van der Waals surface area contributed by atoms with Crippen molar-refractivity contribution in [3.63, 3.8) is 0 Å². The van der Waals surface area contributed by atoms with Crippen molar-refractivity contribution in [1.82, 2.24) is 30.4 Å². The number of fused-ring (bicyclic) bond motifs is 1. The molecule has 0 saturated carbocycles. The van der Waals surface area contributed by atoms with Gasteiger partial charge in [0.05, 0.1) is 24.2 Å². The average molecular weight is 553 g/mol. The Bertz CT molecular complexity index is 1520. The molecule has 0 saturated heterocycles. The molecule has 0 amide bonds. The number of nitrogens with zero attached hydrogens (tertiary/aromatic N) is 7. The lowest BCUT2D eigenvalue weighted by Gasteiger charge is -2.28. The van der Waals surface area contributed by atoms with Crippen molar-refractivity contribution in [2.45, 2.75) is 17.3 Å². The van der Waals surface area contributed by atoms with Gasteiger partial charge in [-0.1, -0.05) is 64.6 Å². The highest BCUT2D eigenvalue weighted by Crippen LogP contribution is 2.40. The predicted octanol–water partition coefficient (Wildman–Crippen LogP) is 3.73. The molecule has 4 aromatic rings. The van der Waals surface area contributed by atoms with Crippen LogP contribution in [-0.4, -0.2) is 60.8 Å². The zero-order valence-corrected chi connectivity index (χ0v) is 21.7. The normalized spacial score (nSPS) is 14.5. The third-order valence-corrected chi connectivity index (χ3v) is 7.71. The van der Waals surface area contributed by atoms with Gasteiger partial charge >= 0.3 is 11.7 Å². The first kappa shape index (κ1) is 25.3. The van der Waals surface area contributed by atoms with Gasteiger partial charge in [0.25, 0.3) is 0 Å². The summed E-state index contributed by atoms with van der Waals surface area (Å²) in [6.45, 7) is 1.84. The largest absolute Gasteiger partial charge is 0.490 e. The van der Waals surface area contributed by atoms with Gasteiger partial charge in [-0.25, -0.2) is 4.79 Å². The molecule has 1 N–H and O–H groups in total. The van der Waals surface area contributed by atoms with E-state index in [4.69, 9.17) is 9.47 Å². The van der Waals surface area contributed by atoms with E-state index in [-0.39, 0.29) is 29.6 Å². The van der Waals surface area contributed by atoms with E-state index in [0.717, 1.165) is 10.6 Å². The number of carbonyl (C=O) groups excluding carboxylic acids is 1. The number of rotatable bonds is 9. The molecule has 0 spiro atoms. The van der Waals surface area contributed by atoms with E-state index in [9.17, 15) is 14.9 Å². The smallest absolute Gasteiger partial charge is 0.338 e. The molecule has 5 rings (SSSR count). The SMILES string of the molecule is CCOC(=O)C1=C(CSc2nnc(-c3ccccc3)s2)Nc2nnnn2C1c1ccc(OC)c([N+](=O)[O-])c1. The highest BCUT2D eigenvalue weighted by atomic mass is 32.2. The van der Waals surface area contributed by atoms with Crippen molar-refractivity contribution in [2.75, 3.05) is 24.8 Å². The van der Waals surface area contributed by atoms with Gasteiger partial charge in [0.2, 0.25) is 5.95 Å². The summed E-state index contributed by atoms with van der Waals surface area (Å²) in [7, 11) is 1.35. The number of nitro benzene ring substituents is 1. The second kappa shape index (κ2) is 10.9. The van der Waals surface area contributed by atoms with Crippen LogP contribution in [0.4, 0.5) is 11.6 Å². The van der Waals surface area contributed by atoms with Gasteiger partial charge in [0.1, 0.15) is 11.0 Å². The molecular weight excluding hydrogens is 532 g/mol. The Hall–Kier alpha value is -4.37. The maximum Gasteiger partial charge on any atom is 0.338 e. The number of nitrogens with one attached hydrogen (secondary N) is 1. The van der Waals surface area contributed by atoms with E-state index in [0.29, 0.717) is 21.4 Å². The van der Waals surface area contributed by atoms with Crippen LogP contribution in [0, 0.1) is 10.1 Å². The number of nitro groups is 1. The van der Waals surface area contributed by atoms with E-state index >= 15 is 0 Å². The molecule has 1 unspecified atom stereocenters. The molecular formula is C23H20N8O5S2. The predicted molar refractivity (Wildman–Crippen MR) is 139 cm³/mol. The Balaban J connectivity index is 1.54. The molecule has 3 heterocycles. The molecule has 1 aliphatic rings. The van der Waals surface area contributed by atoms with Crippen LogP contribution in [0.25, 0.3) is 10.6 Å². The van der Waals surface area contributed by atoms with E-state index in [1.54, 1.807) is 13.0 Å². The highest BCUT2D eigenvalue weighted by Gasteiger charge is 2.37. The number of anilines is 1. The number of aromatic nitrogens is 6. The summed E-state index contributed by atoms with van der Waals surface area (Å²) in [6, 6.07) is 13.3. The first-order chi connectivity index (χ1) is 18.5. The third kappa shape index (κ3) is 4.92. The number of ether oxygens (including phenoxy) is 2. The second-order valence-corrected chi connectivity index (χ2v) is 10.0. The fourth-order valence-electron chi connectivity index (χ4n) is 3.92. The molecule has 1 aliphatic heterocycles. The van der Waals surface area contributed by atoms with Crippen molar-refractivity contribution in [3.05, 3.63) is 75.5 Å². The molecule has 194 valence electrons. The second-order valence-electron chi connectivity index (χ2n) is 7.80. The molecule has 13 nitrogen and oxygen atoms in total. The van der Waals surface area contributed by atoms with Crippen LogP contribution < -0.4 is 10.1 Å². The first-order valence-corrected chi connectivity index (χ1v) is 13.1. The van der Waals surface area contributed by atoms with E-state index in [2.05, 4.69) is 31.0 Å². The quantitative estimate of drug-likeness (QED) is 0.139. The first-order valence-electron chi connectivity index (χ1n) is 11.3. The summed E-state index contributed by atoms with van der Waals surface area (Å²) in [5.74, 6) is 0.0634. The van der Waals surface area contributed by atoms with Crippen LogP contribution in [0.15, 0.2) is 64.1 Å². The maximum atomic E-state index is 13.3. The monoisotopic (exact) mass is 552 g/mol. The van der Waals surface area contributed by atoms with Gasteiger partial charge in [-0.05, 0) is 29.0 Å². The standard InChI is InChI=1S/C23H20N8O5S2/c1-3-36-21(32)18-15(12-37-23-27-25-20(38-23)13-7-5-4-6-8-13)24-22-26-28-29-30(22)19(18)14-9-10-17(35-2)16(11-14)31(33)34/h4-11,19H,3,12H2,1-2H3,(H,24,26,29). The molecule has 15 heteroatoms. The minimum atomic E-state index is -0.880. The van der Waals surface area contributed by atoms with Crippen LogP contribution >= 0.6 is 23.1 Å². The van der Waals surface area contributed by atoms with E-state index < -0.39 is 16.9 Å². The van der Waals surface area contributed by atoms with Gasteiger partial charge in [-0.15, -0.1) is 10.2 Å². The molecule has 1 atom stereocenters. The lowest BCUT2D eigenvalue weighted by molar-refractivity contribution is -0.385. The van der Waals surface area contributed by atoms with Crippen molar-refractivity contribution in [1.29, 1.82) is 0 Å². The lowest BCUT2D eigenvalue weighted by Crippen LogP contribution is -2.31. The van der Waals surface area contributed by atoms with Crippen LogP contribution in [-0.2, 0) is 9.53 Å². The number of hydrogen-bond acceptors (Lipinski definition) is 13. The van der Waals surface area contributed by atoms with Gasteiger partial charge < -0.3 is 14.8 Å². The van der Waals surface area contributed by atoms with Crippen LogP contribution in [0.2, 0.25) is 0 Å². The Kier molecular flexibility index (Phi) is 7.28. The fraction of sp³-hybridized carbons (Fsp3) is 0.217. The van der Waals surface area contributed by atoms with Gasteiger partial charge in [-0.3, -0.25) is 10.1 Å². The molecule has 0 bridgehead atoms. The topological polar surface area (TPSA) is 160 Å². The summed E-state index contributed by atoms with van der Waals surface area (Å²) in [6.07, 6.45) is 0. The molecule has 0 radical (unpaired) electrons. The maximum absolute atomic E-state index is 13.3. The molecule has 2 aromatic carbocycles. The van der Waals surface area contributed by atoms with Crippen molar-refractivity contribution < 1.29 is 19.2 Å². The van der Waals surface area contributed by atoms with Crippen LogP contribution in [0.3, 0.4) is 0 Å². The third-order valence-electron chi connectivity index (χ3n) is 5.58. The molecule has 0 aliphatic carbocycles. The van der Waals surface area contributed by atoms with Crippen molar-refractivity contribution >= 4 is 40.7 Å². The number of methoxy groups -OCH3 is 1. The molecule has 38 heavy (non-hydrogen) atoms. The fourth-order valence-corrected chi connectivity index (χ4v) is 5.75. The number of esters is 1. The summed E-state index contributed by atoms with van der Waals surface area (Å²) >= 11 is 2.81. The zero-order valence-electron chi connectivity index (χ0n) is 20.1. The molecule has 2 aromatic heterocycles. The number of carbonyl (C=O) groups is 1. The lowest BCUT2D eigenvalue weighted by atomic mass is 9.95. The number of benzene rings is 2. The number of thioether (sulfide) groups is 1. The van der Waals surface area contributed by atoms with Gasteiger partial charge in [0, 0.05) is 23.1 Å². The average Bonchev–Trinajstić information content (AvgIpc) is 3.61. The minimum Gasteiger partial charge on any atom is -0.490 e. The summed E-state index contributed by atoms with van der Waals surface area (Å²) in [5.41, 5.74) is 1.85.